The van der Waals surface area contributed by atoms with Gasteiger partial charge < -0.3 is 9.32 Å². The van der Waals surface area contributed by atoms with Crippen LogP contribution in [-0.4, -0.2) is 23.6 Å². The van der Waals surface area contributed by atoms with Gasteiger partial charge in [-0.1, -0.05) is 48.5 Å². The van der Waals surface area contributed by atoms with Crippen molar-refractivity contribution in [3.05, 3.63) is 72.0 Å². The van der Waals surface area contributed by atoms with Gasteiger partial charge in [-0.2, -0.15) is 0 Å². The molecule has 1 unspecified atom stereocenters. The topological polar surface area (TPSA) is 50.5 Å². The Balaban J connectivity index is 1.62. The zero-order valence-electron chi connectivity index (χ0n) is 14.4. The van der Waals surface area contributed by atoms with Crippen LogP contribution in [0.15, 0.2) is 65.1 Å². The van der Waals surface area contributed by atoms with E-state index in [1.807, 2.05) is 55.5 Å². The Morgan fingerprint density at radius 2 is 1.68 bits per heavy atom. The lowest BCUT2D eigenvalue weighted by Crippen LogP contribution is -2.29. The Morgan fingerprint density at radius 3 is 2.40 bits per heavy atom. The van der Waals surface area contributed by atoms with Gasteiger partial charge in [-0.25, -0.2) is 0 Å². The third-order valence-corrected chi connectivity index (χ3v) is 4.49. The van der Waals surface area contributed by atoms with E-state index in [-0.39, 0.29) is 30.6 Å². The maximum atomic E-state index is 12.4. The molecule has 3 rings (SSSR count). The molecule has 0 fully saturated rings. The molecule has 0 radical (unpaired) electrons. The fourth-order valence-electron chi connectivity index (χ4n) is 2.78. The minimum Gasteiger partial charge on any atom is -0.459 e. The van der Waals surface area contributed by atoms with Crippen molar-refractivity contribution < 1.29 is 14.0 Å². The van der Waals surface area contributed by atoms with Gasteiger partial charge in [-0.3, -0.25) is 9.59 Å². The van der Waals surface area contributed by atoms with Crippen LogP contribution in [0.5, 0.6) is 0 Å². The van der Waals surface area contributed by atoms with Crippen LogP contribution in [0.25, 0.3) is 11.0 Å². The van der Waals surface area contributed by atoms with Gasteiger partial charge in [0, 0.05) is 30.8 Å². The molecule has 0 aliphatic heterocycles. The van der Waals surface area contributed by atoms with Crippen molar-refractivity contribution in [2.24, 2.45) is 0 Å². The van der Waals surface area contributed by atoms with Crippen LogP contribution in [0.1, 0.15) is 41.9 Å². The van der Waals surface area contributed by atoms with Gasteiger partial charge >= 0.3 is 0 Å². The monoisotopic (exact) mass is 335 g/mol. The van der Waals surface area contributed by atoms with E-state index in [1.54, 1.807) is 24.1 Å². The van der Waals surface area contributed by atoms with Gasteiger partial charge in [-0.05, 0) is 19.1 Å². The standard InChI is InChI=1S/C21H21NO3/c1-15(20-14-17-10-6-7-11-19(17)25-20)22(2)21(24)13-12-18(23)16-8-4-3-5-9-16/h3-11,14-15H,12-13H2,1-2H3. The van der Waals surface area contributed by atoms with Crippen molar-refractivity contribution in [2.45, 2.75) is 25.8 Å². The number of benzene rings is 2. The quantitative estimate of drug-likeness (QED) is 0.618. The second-order valence-electron chi connectivity index (χ2n) is 6.16. The fraction of sp³-hybridized carbons (Fsp3) is 0.238. The maximum absolute atomic E-state index is 12.4. The van der Waals surface area contributed by atoms with Crippen LogP contribution in [-0.2, 0) is 4.79 Å². The van der Waals surface area contributed by atoms with E-state index in [0.29, 0.717) is 5.56 Å². The molecule has 128 valence electrons. The number of fused-ring (bicyclic) bond motifs is 1. The van der Waals surface area contributed by atoms with Gasteiger partial charge in [0.25, 0.3) is 0 Å². The average molecular weight is 335 g/mol. The van der Waals surface area contributed by atoms with E-state index in [1.165, 1.54) is 0 Å². The average Bonchev–Trinajstić information content (AvgIpc) is 3.09. The van der Waals surface area contributed by atoms with Gasteiger partial charge in [0.1, 0.15) is 11.3 Å². The number of amides is 1. The summed E-state index contributed by atoms with van der Waals surface area (Å²) in [6.07, 6.45) is 0.398. The van der Waals surface area contributed by atoms with E-state index in [9.17, 15) is 9.59 Å². The van der Waals surface area contributed by atoms with Crippen LogP contribution < -0.4 is 0 Å². The van der Waals surface area contributed by atoms with Crippen LogP contribution >= 0.6 is 0 Å². The Kier molecular flexibility index (Phi) is 4.98. The summed E-state index contributed by atoms with van der Waals surface area (Å²) in [5.74, 6) is 0.655. The third-order valence-electron chi connectivity index (χ3n) is 4.49. The predicted molar refractivity (Wildman–Crippen MR) is 97.4 cm³/mol. The summed E-state index contributed by atoms with van der Waals surface area (Å²) in [5.41, 5.74) is 1.45. The molecular weight excluding hydrogens is 314 g/mol. The molecule has 1 heterocycles. The summed E-state index contributed by atoms with van der Waals surface area (Å²) >= 11 is 0. The van der Waals surface area contributed by atoms with Crippen molar-refractivity contribution >= 4 is 22.7 Å². The summed E-state index contributed by atoms with van der Waals surface area (Å²) in [5, 5.41) is 1.02. The SMILES string of the molecule is CC(c1cc2ccccc2o1)N(C)C(=O)CCC(=O)c1ccccc1. The number of hydrogen-bond acceptors (Lipinski definition) is 3. The number of rotatable bonds is 6. The molecule has 0 aliphatic rings. The summed E-state index contributed by atoms with van der Waals surface area (Å²) in [6, 6.07) is 18.6. The van der Waals surface area contributed by atoms with Gasteiger partial charge in [-0.15, -0.1) is 0 Å². The highest BCUT2D eigenvalue weighted by Gasteiger charge is 2.21. The summed E-state index contributed by atoms with van der Waals surface area (Å²) in [4.78, 5) is 26.2. The molecule has 0 aliphatic carbocycles. The highest BCUT2D eigenvalue weighted by atomic mass is 16.3. The number of nitrogens with zero attached hydrogens (tertiary/aromatic N) is 1. The minimum atomic E-state index is -0.188. The van der Waals surface area contributed by atoms with E-state index >= 15 is 0 Å². The fourth-order valence-corrected chi connectivity index (χ4v) is 2.78. The molecule has 4 nitrogen and oxygen atoms in total. The van der Waals surface area contributed by atoms with Crippen LogP contribution in [0, 0.1) is 0 Å². The van der Waals surface area contributed by atoms with Gasteiger partial charge in [0.15, 0.2) is 5.78 Å². The van der Waals surface area contributed by atoms with Crippen molar-refractivity contribution in [3.8, 4) is 0 Å². The summed E-state index contributed by atoms with van der Waals surface area (Å²) in [7, 11) is 1.74. The lowest BCUT2D eigenvalue weighted by Gasteiger charge is -2.23. The number of furan rings is 1. The van der Waals surface area contributed by atoms with Crippen LogP contribution in [0.4, 0.5) is 0 Å². The first-order valence-corrected chi connectivity index (χ1v) is 8.38. The number of Topliss-reactive ketones (excluding diaryl/α,β-unsaturated/α-hetero) is 1. The lowest BCUT2D eigenvalue weighted by molar-refractivity contribution is -0.132. The number of para-hydroxylation sites is 1. The number of hydrogen-bond donors (Lipinski definition) is 0. The number of carbonyl (C=O) groups excluding carboxylic acids is 2. The van der Waals surface area contributed by atoms with Crippen LogP contribution in [0.2, 0.25) is 0 Å². The van der Waals surface area contributed by atoms with Crippen molar-refractivity contribution in [2.75, 3.05) is 7.05 Å². The smallest absolute Gasteiger partial charge is 0.223 e. The van der Waals surface area contributed by atoms with Crippen LogP contribution in [0.3, 0.4) is 0 Å². The second kappa shape index (κ2) is 7.34. The maximum Gasteiger partial charge on any atom is 0.223 e. The largest absolute Gasteiger partial charge is 0.459 e. The zero-order chi connectivity index (χ0) is 17.8. The molecule has 0 N–H and O–H groups in total. The first kappa shape index (κ1) is 17.0. The van der Waals surface area contributed by atoms with E-state index in [0.717, 1.165) is 16.7 Å². The summed E-state index contributed by atoms with van der Waals surface area (Å²) < 4.78 is 5.84. The summed E-state index contributed by atoms with van der Waals surface area (Å²) in [6.45, 7) is 1.93. The van der Waals surface area contributed by atoms with Crippen molar-refractivity contribution in [1.29, 1.82) is 0 Å². The van der Waals surface area contributed by atoms with E-state index in [2.05, 4.69) is 0 Å². The molecule has 0 saturated carbocycles. The van der Waals surface area contributed by atoms with Gasteiger partial charge in [0.2, 0.25) is 5.91 Å². The zero-order valence-corrected chi connectivity index (χ0v) is 14.4. The Hall–Kier alpha value is -2.88. The van der Waals surface area contributed by atoms with Crippen molar-refractivity contribution in [1.82, 2.24) is 4.90 Å². The molecule has 0 bridgehead atoms. The molecule has 2 aromatic carbocycles. The molecule has 0 saturated heterocycles. The highest BCUT2D eigenvalue weighted by Crippen LogP contribution is 2.27. The van der Waals surface area contributed by atoms with Gasteiger partial charge in [0.05, 0.1) is 6.04 Å². The highest BCUT2D eigenvalue weighted by molar-refractivity contribution is 5.97. The van der Waals surface area contributed by atoms with E-state index in [4.69, 9.17) is 4.42 Å². The molecule has 25 heavy (non-hydrogen) atoms. The Bertz CT molecular complexity index is 849. The first-order chi connectivity index (χ1) is 12.1. The lowest BCUT2D eigenvalue weighted by atomic mass is 10.1. The van der Waals surface area contributed by atoms with Crippen molar-refractivity contribution in [3.63, 3.8) is 0 Å². The Morgan fingerprint density at radius 1 is 1.00 bits per heavy atom. The molecule has 3 aromatic rings. The second-order valence-corrected chi connectivity index (χ2v) is 6.16. The molecule has 1 amide bonds. The molecule has 4 heteroatoms. The molecule has 1 atom stereocenters. The number of ketones is 1. The Labute approximate surface area is 147 Å². The first-order valence-electron chi connectivity index (χ1n) is 8.38. The molecule has 1 aromatic heterocycles. The minimum absolute atomic E-state index is 0.0151. The molecule has 0 spiro atoms. The van der Waals surface area contributed by atoms with E-state index < -0.39 is 0 Å². The molecular formula is C21H21NO3. The number of carbonyl (C=O) groups is 2. The third kappa shape index (κ3) is 3.79. The predicted octanol–water partition coefficient (Wildman–Crippen LogP) is 4.62. The normalized spacial score (nSPS) is 12.1.